The number of halogens is 1. The first kappa shape index (κ1) is 18.1. The predicted octanol–water partition coefficient (Wildman–Crippen LogP) is 3.19. The molecule has 0 bridgehead atoms. The highest BCUT2D eigenvalue weighted by molar-refractivity contribution is 7.92. The number of rotatable bonds is 5. The second-order valence-electron chi connectivity index (χ2n) is 6.23. The Labute approximate surface area is 151 Å². The van der Waals surface area contributed by atoms with Crippen LogP contribution < -0.4 is 4.72 Å². The second kappa shape index (κ2) is 6.87. The Morgan fingerprint density at radius 3 is 2.31 bits per heavy atom. The second-order valence-corrected chi connectivity index (χ2v) is 7.84. The van der Waals surface area contributed by atoms with Crippen molar-refractivity contribution in [1.82, 2.24) is 14.8 Å². The van der Waals surface area contributed by atoms with E-state index in [0.717, 1.165) is 11.1 Å². The lowest BCUT2D eigenvalue weighted by Crippen LogP contribution is -2.17. The molecule has 1 aromatic heterocycles. The summed E-state index contributed by atoms with van der Waals surface area (Å²) < 4.78 is 42.3. The third-order valence-electron chi connectivity index (χ3n) is 3.89. The topological polar surface area (TPSA) is 76.9 Å². The van der Waals surface area contributed by atoms with Crippen molar-refractivity contribution in [3.63, 3.8) is 0 Å². The van der Waals surface area contributed by atoms with Crippen LogP contribution >= 0.6 is 0 Å². The van der Waals surface area contributed by atoms with Gasteiger partial charge in [0.1, 0.15) is 12.1 Å². The largest absolute Gasteiger partial charge is 0.264 e. The molecule has 0 radical (unpaired) electrons. The van der Waals surface area contributed by atoms with E-state index in [4.69, 9.17) is 0 Å². The summed E-state index contributed by atoms with van der Waals surface area (Å²) in [7, 11) is -3.79. The molecule has 0 saturated heterocycles. The summed E-state index contributed by atoms with van der Waals surface area (Å²) in [4.78, 5) is 4.24. The Morgan fingerprint density at radius 1 is 1.08 bits per heavy atom. The highest BCUT2D eigenvalue weighted by Crippen LogP contribution is 2.23. The Hall–Kier alpha value is -2.74. The summed E-state index contributed by atoms with van der Waals surface area (Å²) in [5.74, 6) is -0.323. The normalized spacial score (nSPS) is 11.5. The maximum Gasteiger partial charge on any atom is 0.264 e. The minimum Gasteiger partial charge on any atom is -0.246 e. The van der Waals surface area contributed by atoms with Gasteiger partial charge in [0, 0.05) is 0 Å². The monoisotopic (exact) mass is 374 g/mol. The first-order chi connectivity index (χ1) is 12.2. The van der Waals surface area contributed by atoms with Crippen molar-refractivity contribution < 1.29 is 12.8 Å². The molecule has 0 fully saturated rings. The van der Waals surface area contributed by atoms with Gasteiger partial charge in [-0.1, -0.05) is 29.8 Å². The predicted molar refractivity (Wildman–Crippen MR) is 97.0 cm³/mol. The number of nitrogens with one attached hydrogen (secondary N) is 1. The van der Waals surface area contributed by atoms with Gasteiger partial charge in [0.15, 0.2) is 0 Å². The number of hydrogen-bond acceptors (Lipinski definition) is 4. The minimum atomic E-state index is -3.79. The van der Waals surface area contributed by atoms with Gasteiger partial charge in [0.05, 0.1) is 11.4 Å². The van der Waals surface area contributed by atoms with Crippen LogP contribution in [0.25, 0.3) is 0 Å². The molecule has 8 heteroatoms. The van der Waals surface area contributed by atoms with E-state index in [1.807, 2.05) is 19.1 Å². The molecule has 1 N–H and O–H groups in total. The number of aromatic nitrogens is 3. The lowest BCUT2D eigenvalue weighted by atomic mass is 10.1. The zero-order chi connectivity index (χ0) is 18.9. The van der Waals surface area contributed by atoms with Crippen molar-refractivity contribution in [1.29, 1.82) is 0 Å². The molecule has 0 amide bonds. The Balaban J connectivity index is 1.81. The summed E-state index contributed by atoms with van der Waals surface area (Å²) >= 11 is 0. The van der Waals surface area contributed by atoms with Crippen molar-refractivity contribution in [3.8, 4) is 0 Å². The van der Waals surface area contributed by atoms with Crippen LogP contribution in [-0.2, 0) is 16.6 Å². The van der Waals surface area contributed by atoms with Crippen LogP contribution in [0.3, 0.4) is 0 Å². The van der Waals surface area contributed by atoms with Gasteiger partial charge in [0.2, 0.25) is 0 Å². The van der Waals surface area contributed by atoms with Gasteiger partial charge in [-0.05, 0) is 49.6 Å². The SMILES string of the molecule is Cc1cc(C)c(S(=O)(=O)Nc2ncn(Cc3ccc(F)cc3)n2)c(C)c1. The zero-order valence-electron chi connectivity index (χ0n) is 14.7. The van der Waals surface area contributed by atoms with E-state index < -0.39 is 10.0 Å². The lowest BCUT2D eigenvalue weighted by molar-refractivity contribution is 0.599. The van der Waals surface area contributed by atoms with Gasteiger partial charge in [0.25, 0.3) is 16.0 Å². The van der Waals surface area contributed by atoms with Crippen LogP contribution in [0, 0.1) is 26.6 Å². The van der Waals surface area contributed by atoms with E-state index in [0.29, 0.717) is 17.7 Å². The molecule has 1 heterocycles. The van der Waals surface area contributed by atoms with Gasteiger partial charge in [-0.3, -0.25) is 0 Å². The van der Waals surface area contributed by atoms with Gasteiger partial charge in [-0.15, -0.1) is 5.10 Å². The summed E-state index contributed by atoms with van der Waals surface area (Å²) in [6.07, 6.45) is 1.43. The van der Waals surface area contributed by atoms with E-state index in [1.165, 1.54) is 23.1 Å². The van der Waals surface area contributed by atoms with Crippen molar-refractivity contribution in [2.24, 2.45) is 0 Å². The first-order valence-corrected chi connectivity index (χ1v) is 9.47. The van der Waals surface area contributed by atoms with Crippen LogP contribution in [-0.4, -0.2) is 23.2 Å². The van der Waals surface area contributed by atoms with Gasteiger partial charge in [-0.2, -0.15) is 4.98 Å². The Bertz CT molecular complexity index is 1020. The molecule has 0 spiro atoms. The van der Waals surface area contributed by atoms with E-state index >= 15 is 0 Å². The maximum absolute atomic E-state index is 13.0. The Morgan fingerprint density at radius 2 is 1.69 bits per heavy atom. The molecule has 3 rings (SSSR count). The summed E-state index contributed by atoms with van der Waals surface area (Å²) in [6, 6.07) is 9.64. The minimum absolute atomic E-state index is 0.00788. The number of anilines is 1. The summed E-state index contributed by atoms with van der Waals surface area (Å²) in [5, 5.41) is 4.14. The number of hydrogen-bond donors (Lipinski definition) is 1. The quantitative estimate of drug-likeness (QED) is 0.744. The van der Waals surface area contributed by atoms with Crippen LogP contribution in [0.1, 0.15) is 22.3 Å². The highest BCUT2D eigenvalue weighted by Gasteiger charge is 2.21. The molecular formula is C18H19FN4O2S. The van der Waals surface area contributed by atoms with Crippen molar-refractivity contribution in [2.75, 3.05) is 4.72 Å². The molecular weight excluding hydrogens is 355 g/mol. The van der Waals surface area contributed by atoms with E-state index in [9.17, 15) is 12.8 Å². The number of nitrogens with zero attached hydrogens (tertiary/aromatic N) is 3. The van der Waals surface area contributed by atoms with E-state index in [-0.39, 0.29) is 16.7 Å². The molecule has 0 saturated carbocycles. The molecule has 0 atom stereocenters. The molecule has 26 heavy (non-hydrogen) atoms. The number of benzene rings is 2. The molecule has 0 aliphatic carbocycles. The fraction of sp³-hybridized carbons (Fsp3) is 0.222. The lowest BCUT2D eigenvalue weighted by Gasteiger charge is -2.12. The zero-order valence-corrected chi connectivity index (χ0v) is 15.5. The van der Waals surface area contributed by atoms with Crippen LogP contribution in [0.5, 0.6) is 0 Å². The molecule has 6 nitrogen and oxygen atoms in total. The standard InChI is InChI=1S/C18H19FN4O2S/c1-12-8-13(2)17(14(3)9-12)26(24,25)22-18-20-11-23(21-18)10-15-4-6-16(19)7-5-15/h4-9,11H,10H2,1-3H3,(H,21,22). The smallest absolute Gasteiger partial charge is 0.246 e. The molecule has 0 aliphatic rings. The van der Waals surface area contributed by atoms with Crippen molar-refractivity contribution in [2.45, 2.75) is 32.2 Å². The fourth-order valence-electron chi connectivity index (χ4n) is 2.96. The molecule has 2 aromatic carbocycles. The van der Waals surface area contributed by atoms with Crippen LogP contribution in [0.4, 0.5) is 10.3 Å². The number of sulfonamides is 1. The average molecular weight is 374 g/mol. The summed E-state index contributed by atoms with van der Waals surface area (Å²) in [6.45, 7) is 5.80. The average Bonchev–Trinajstić information content (AvgIpc) is 2.94. The molecule has 3 aromatic rings. The third-order valence-corrected chi connectivity index (χ3v) is 5.53. The van der Waals surface area contributed by atoms with E-state index in [1.54, 1.807) is 26.0 Å². The van der Waals surface area contributed by atoms with Crippen LogP contribution in [0.2, 0.25) is 0 Å². The number of aryl methyl sites for hydroxylation is 3. The fourth-order valence-corrected chi connectivity index (χ4v) is 4.36. The van der Waals surface area contributed by atoms with Crippen LogP contribution in [0.15, 0.2) is 47.6 Å². The maximum atomic E-state index is 13.0. The van der Waals surface area contributed by atoms with Gasteiger partial charge < -0.3 is 0 Å². The first-order valence-electron chi connectivity index (χ1n) is 7.99. The van der Waals surface area contributed by atoms with Gasteiger partial charge >= 0.3 is 0 Å². The van der Waals surface area contributed by atoms with E-state index in [2.05, 4.69) is 14.8 Å². The van der Waals surface area contributed by atoms with Crippen molar-refractivity contribution >= 4 is 16.0 Å². The molecule has 136 valence electrons. The highest BCUT2D eigenvalue weighted by atomic mass is 32.2. The molecule has 0 unspecified atom stereocenters. The van der Waals surface area contributed by atoms with Gasteiger partial charge in [-0.25, -0.2) is 22.2 Å². The Kier molecular flexibility index (Phi) is 4.78. The van der Waals surface area contributed by atoms with Crippen molar-refractivity contribution in [3.05, 3.63) is 70.8 Å². The molecule has 0 aliphatic heterocycles. The summed E-state index contributed by atoms with van der Waals surface area (Å²) in [5.41, 5.74) is 3.16. The third kappa shape index (κ3) is 3.91.